The summed E-state index contributed by atoms with van der Waals surface area (Å²) in [6.07, 6.45) is 1.01. The largest absolute Gasteiger partial charge is 1.00 e. The third-order valence-electron chi connectivity index (χ3n) is 3.40. The summed E-state index contributed by atoms with van der Waals surface area (Å²) < 4.78 is 18.2. The van der Waals surface area contributed by atoms with E-state index in [-0.39, 0.29) is 74.9 Å². The average Bonchev–Trinajstić information content (AvgIpc) is 2.87. The number of imidazole rings is 1. The quantitative estimate of drug-likeness (QED) is 0.239. The Hall–Kier alpha value is 1.08. The fraction of sp³-hybridized carbons (Fsp3) is 0.133. The predicted octanol–water partition coefficient (Wildman–Crippen LogP) is -1.61. The summed E-state index contributed by atoms with van der Waals surface area (Å²) in [6, 6.07) is 7.97. The maximum Gasteiger partial charge on any atom is 1.00 e. The fourth-order valence-corrected chi connectivity index (χ4v) is 4.16. The second kappa shape index (κ2) is 11.1. The first-order valence-corrected chi connectivity index (χ1v) is 11.1. The molecule has 0 radical (unpaired) electrons. The van der Waals surface area contributed by atoms with Crippen LogP contribution in [0.3, 0.4) is 0 Å². The van der Waals surface area contributed by atoms with Crippen molar-refractivity contribution in [1.82, 2.24) is 9.55 Å². The Morgan fingerprint density at radius 1 is 1.14 bits per heavy atom. The van der Waals surface area contributed by atoms with Crippen molar-refractivity contribution >= 4 is 65.2 Å². The number of thioether (sulfide) groups is 1. The molecule has 0 atom stereocenters. The van der Waals surface area contributed by atoms with Crippen LogP contribution in [0.5, 0.6) is 11.5 Å². The van der Waals surface area contributed by atoms with Gasteiger partial charge in [-0.1, -0.05) is 52.6 Å². The topological polar surface area (TPSA) is 90.2 Å². The Balaban J connectivity index is 0.00000196. The number of hydrogen-bond acceptors (Lipinski definition) is 6. The standard InChI is InChI=1S/C15H12Cl3N2O4PS.2Na/c1-26-15-19-10-6-13(24-12-4-2-3-8(16)14(12)18)9(17)5-11(10)20(15)7-25(21,22)23;;/h2-6H,7H2,1H3,(H2,21,22,23);;/q;2*+1/p-2. The van der Waals surface area contributed by atoms with E-state index in [9.17, 15) is 14.4 Å². The summed E-state index contributed by atoms with van der Waals surface area (Å²) in [5, 5.41) is 1.14. The molecule has 0 saturated heterocycles. The average molecular weight is 498 g/mol. The van der Waals surface area contributed by atoms with Crippen LogP contribution in [0.1, 0.15) is 0 Å². The molecule has 1 heterocycles. The third kappa shape index (κ3) is 6.30. The second-order valence-corrected chi connectivity index (χ2v) is 8.67. The summed E-state index contributed by atoms with van der Waals surface area (Å²) in [4.78, 5) is 26.7. The van der Waals surface area contributed by atoms with Gasteiger partial charge in [0, 0.05) is 6.07 Å². The Morgan fingerprint density at radius 3 is 2.43 bits per heavy atom. The predicted molar refractivity (Wildman–Crippen MR) is 101 cm³/mol. The van der Waals surface area contributed by atoms with Crippen molar-refractivity contribution in [2.24, 2.45) is 0 Å². The van der Waals surface area contributed by atoms with Crippen LogP contribution in [-0.4, -0.2) is 15.8 Å². The summed E-state index contributed by atoms with van der Waals surface area (Å²) in [7, 11) is -4.79. The van der Waals surface area contributed by atoms with Gasteiger partial charge < -0.3 is 23.7 Å². The minimum atomic E-state index is -4.79. The van der Waals surface area contributed by atoms with Crippen molar-refractivity contribution in [3.63, 3.8) is 0 Å². The Bertz CT molecular complexity index is 1050. The van der Waals surface area contributed by atoms with Crippen LogP contribution < -0.4 is 73.6 Å². The summed E-state index contributed by atoms with van der Waals surface area (Å²) in [5.74, 6) is 0.585. The molecule has 6 nitrogen and oxygen atoms in total. The SMILES string of the molecule is CSc1nc2cc(Oc3cccc(Cl)c3Cl)c(Cl)cc2n1CP(=O)([O-])[O-].[Na+].[Na+]. The van der Waals surface area contributed by atoms with E-state index in [1.165, 1.54) is 22.4 Å². The zero-order valence-corrected chi connectivity index (χ0v) is 23.1. The summed E-state index contributed by atoms with van der Waals surface area (Å²) in [6.45, 7) is 0. The van der Waals surface area contributed by atoms with Crippen molar-refractivity contribution in [1.29, 1.82) is 0 Å². The third-order valence-corrected chi connectivity index (χ3v) is 5.80. The Kier molecular flexibility index (Phi) is 10.7. The number of hydrogen-bond donors (Lipinski definition) is 0. The van der Waals surface area contributed by atoms with Gasteiger partial charge in [-0.3, -0.25) is 0 Å². The van der Waals surface area contributed by atoms with Gasteiger partial charge in [0.25, 0.3) is 0 Å². The van der Waals surface area contributed by atoms with Crippen molar-refractivity contribution in [2.45, 2.75) is 11.4 Å². The molecule has 0 aliphatic heterocycles. The van der Waals surface area contributed by atoms with Gasteiger partial charge in [-0.25, -0.2) is 4.98 Å². The van der Waals surface area contributed by atoms with E-state index in [2.05, 4.69) is 4.98 Å². The number of rotatable bonds is 5. The van der Waals surface area contributed by atoms with Gasteiger partial charge in [0.1, 0.15) is 16.5 Å². The molecule has 0 amide bonds. The molecule has 3 rings (SSSR count). The molecule has 138 valence electrons. The van der Waals surface area contributed by atoms with Crippen LogP contribution in [0.25, 0.3) is 11.0 Å². The Morgan fingerprint density at radius 2 is 1.82 bits per heavy atom. The van der Waals surface area contributed by atoms with Crippen molar-refractivity contribution in [2.75, 3.05) is 6.26 Å². The Labute approximate surface area is 225 Å². The van der Waals surface area contributed by atoms with Crippen molar-refractivity contribution in [3.05, 3.63) is 45.4 Å². The van der Waals surface area contributed by atoms with Gasteiger partial charge in [-0.2, -0.15) is 0 Å². The molecule has 0 aliphatic carbocycles. The van der Waals surface area contributed by atoms with Gasteiger partial charge >= 0.3 is 59.1 Å². The summed E-state index contributed by atoms with van der Waals surface area (Å²) in [5.41, 5.74) is 0.844. The van der Waals surface area contributed by atoms with Crippen LogP contribution in [-0.2, 0) is 10.9 Å². The van der Waals surface area contributed by atoms with E-state index in [4.69, 9.17) is 39.5 Å². The first-order valence-electron chi connectivity index (χ1n) is 7.06. The van der Waals surface area contributed by atoms with Crippen LogP contribution >= 0.6 is 54.2 Å². The molecular weight excluding hydrogens is 488 g/mol. The molecule has 0 unspecified atom stereocenters. The molecule has 28 heavy (non-hydrogen) atoms. The molecule has 3 aromatic rings. The van der Waals surface area contributed by atoms with Crippen LogP contribution in [0.2, 0.25) is 15.1 Å². The molecule has 0 aliphatic rings. The maximum absolute atomic E-state index is 11.2. The van der Waals surface area contributed by atoms with Crippen molar-refractivity contribution < 1.29 is 78.2 Å². The van der Waals surface area contributed by atoms with Gasteiger partial charge in [-0.05, 0) is 32.1 Å². The van der Waals surface area contributed by atoms with Crippen LogP contribution in [0.4, 0.5) is 0 Å². The smallest absolute Gasteiger partial charge is 0.809 e. The maximum atomic E-state index is 11.2. The molecule has 0 fully saturated rings. The molecule has 0 saturated carbocycles. The van der Waals surface area contributed by atoms with Gasteiger partial charge in [0.2, 0.25) is 0 Å². The van der Waals surface area contributed by atoms with E-state index in [1.54, 1.807) is 30.5 Å². The number of halogens is 3. The van der Waals surface area contributed by atoms with Crippen molar-refractivity contribution in [3.8, 4) is 11.5 Å². The number of aromatic nitrogens is 2. The molecule has 13 heteroatoms. The minimum absolute atomic E-state index is 0. The monoisotopic (exact) mass is 496 g/mol. The van der Waals surface area contributed by atoms with Crippen LogP contribution in [0, 0.1) is 0 Å². The van der Waals surface area contributed by atoms with Crippen LogP contribution in [0.15, 0.2) is 35.5 Å². The minimum Gasteiger partial charge on any atom is -0.809 e. The molecule has 1 aromatic heterocycles. The first-order chi connectivity index (χ1) is 12.2. The normalized spacial score (nSPS) is 11.1. The zero-order chi connectivity index (χ0) is 19.1. The fourth-order valence-electron chi connectivity index (χ4n) is 2.33. The number of fused-ring (bicyclic) bond motifs is 1. The summed E-state index contributed by atoms with van der Waals surface area (Å²) >= 11 is 19.6. The molecule has 2 aromatic carbocycles. The first kappa shape index (κ1) is 27.1. The number of benzene rings is 2. The van der Waals surface area contributed by atoms with E-state index >= 15 is 0 Å². The van der Waals surface area contributed by atoms with Gasteiger partial charge in [0.15, 0.2) is 5.16 Å². The molecular formula is C15H10Cl3N2Na2O4PS. The molecule has 0 bridgehead atoms. The number of nitrogens with zero attached hydrogens (tertiary/aromatic N) is 2. The van der Waals surface area contributed by atoms with E-state index < -0.39 is 13.9 Å². The molecule has 0 spiro atoms. The van der Waals surface area contributed by atoms with E-state index in [0.29, 0.717) is 27.0 Å². The molecule has 0 N–H and O–H groups in total. The second-order valence-electron chi connectivity index (χ2n) is 5.20. The van der Waals surface area contributed by atoms with Gasteiger partial charge in [-0.15, -0.1) is 0 Å². The van der Waals surface area contributed by atoms with Gasteiger partial charge in [0.05, 0.1) is 27.4 Å². The zero-order valence-electron chi connectivity index (χ0n) is 15.1. The van der Waals surface area contributed by atoms with E-state index in [1.807, 2.05) is 0 Å². The van der Waals surface area contributed by atoms with E-state index in [0.717, 1.165) is 0 Å². The number of ether oxygens (including phenoxy) is 1.